The Morgan fingerprint density at radius 3 is 2.46 bits per heavy atom. The lowest BCUT2D eigenvalue weighted by atomic mass is 10.1. The van der Waals surface area contributed by atoms with E-state index in [1.165, 1.54) is 23.3 Å². The number of nitrogens with zero attached hydrogens (tertiary/aromatic N) is 2. The predicted molar refractivity (Wildman–Crippen MR) is 116 cm³/mol. The molecule has 0 aliphatic heterocycles. The molecule has 3 N–H and O–H groups in total. The molecular weight excluding hydrogens is 445 g/mol. The molecule has 2 aromatic rings. The second kappa shape index (κ2) is 11.3. The maximum atomic E-state index is 10.6. The number of nitro groups is 1. The highest BCUT2D eigenvalue weighted by Gasteiger charge is 2.03. The first-order valence-electron chi connectivity index (χ1n) is 8.07. The molecule has 140 valence electrons. The number of anilines is 1. The molecule has 0 heterocycles. The van der Waals surface area contributed by atoms with Crippen LogP contribution in [0.1, 0.15) is 11.1 Å². The highest BCUT2D eigenvalue weighted by atomic mass is 127. The summed E-state index contributed by atoms with van der Waals surface area (Å²) in [5.74, 6) is 0.729. The normalized spacial score (nSPS) is 10.6. The highest BCUT2D eigenvalue weighted by Crippen LogP contribution is 2.14. The Bertz CT molecular complexity index is 735. The maximum absolute atomic E-state index is 10.6. The molecule has 0 amide bonds. The molecule has 0 aliphatic carbocycles. The van der Waals surface area contributed by atoms with Crippen molar-refractivity contribution in [2.24, 2.45) is 4.99 Å². The topological polar surface area (TPSA) is 91.6 Å². The van der Waals surface area contributed by atoms with Crippen LogP contribution in [0, 0.1) is 17.0 Å². The van der Waals surface area contributed by atoms with E-state index in [4.69, 9.17) is 0 Å². The lowest BCUT2D eigenvalue weighted by molar-refractivity contribution is -0.384. The van der Waals surface area contributed by atoms with E-state index in [-0.39, 0.29) is 29.7 Å². The Balaban J connectivity index is 0.00000338. The molecule has 2 rings (SSSR count). The summed E-state index contributed by atoms with van der Waals surface area (Å²) in [6, 6.07) is 14.7. The third kappa shape index (κ3) is 7.26. The fourth-order valence-electron chi connectivity index (χ4n) is 2.32. The quantitative estimate of drug-likeness (QED) is 0.145. The van der Waals surface area contributed by atoms with E-state index in [0.717, 1.165) is 11.6 Å². The van der Waals surface area contributed by atoms with Gasteiger partial charge in [-0.2, -0.15) is 0 Å². The van der Waals surface area contributed by atoms with Crippen molar-refractivity contribution in [3.05, 3.63) is 69.8 Å². The van der Waals surface area contributed by atoms with Gasteiger partial charge in [0.2, 0.25) is 0 Å². The maximum Gasteiger partial charge on any atom is 0.269 e. The third-order valence-corrected chi connectivity index (χ3v) is 3.59. The van der Waals surface area contributed by atoms with Crippen molar-refractivity contribution in [2.45, 2.75) is 13.5 Å². The van der Waals surface area contributed by atoms with Gasteiger partial charge in [-0.05, 0) is 24.6 Å². The fraction of sp³-hybridized carbons (Fsp3) is 0.278. The Kier molecular flexibility index (Phi) is 9.42. The van der Waals surface area contributed by atoms with Crippen LogP contribution in [-0.4, -0.2) is 31.0 Å². The summed E-state index contributed by atoms with van der Waals surface area (Å²) < 4.78 is 0. The van der Waals surface area contributed by atoms with Gasteiger partial charge in [0, 0.05) is 44.5 Å². The molecule has 0 spiro atoms. The average Bonchev–Trinajstić information content (AvgIpc) is 2.61. The van der Waals surface area contributed by atoms with Crippen LogP contribution in [0.5, 0.6) is 0 Å². The van der Waals surface area contributed by atoms with Gasteiger partial charge in [-0.25, -0.2) is 0 Å². The summed E-state index contributed by atoms with van der Waals surface area (Å²) in [6.07, 6.45) is 0. The second-order valence-corrected chi connectivity index (χ2v) is 5.57. The molecule has 8 heteroatoms. The molecule has 0 aliphatic rings. The number of hydrogen-bond donors (Lipinski definition) is 3. The van der Waals surface area contributed by atoms with E-state index >= 15 is 0 Å². The molecular formula is C18H24IN5O2. The van der Waals surface area contributed by atoms with Gasteiger partial charge in [0.15, 0.2) is 5.96 Å². The van der Waals surface area contributed by atoms with Crippen LogP contribution in [0.2, 0.25) is 0 Å². The van der Waals surface area contributed by atoms with Gasteiger partial charge in [0.1, 0.15) is 0 Å². The SMILES string of the molecule is CN=C(NCCNc1ccc([N+](=O)[O-])cc1)NCc1cccc(C)c1.I. The number of benzene rings is 2. The van der Waals surface area contributed by atoms with Gasteiger partial charge in [-0.3, -0.25) is 15.1 Å². The van der Waals surface area contributed by atoms with Crippen LogP contribution >= 0.6 is 24.0 Å². The van der Waals surface area contributed by atoms with Crippen LogP contribution in [0.15, 0.2) is 53.5 Å². The molecule has 26 heavy (non-hydrogen) atoms. The molecule has 0 unspecified atom stereocenters. The first-order chi connectivity index (χ1) is 12.1. The lowest BCUT2D eigenvalue weighted by Gasteiger charge is -2.13. The van der Waals surface area contributed by atoms with E-state index in [9.17, 15) is 10.1 Å². The smallest absolute Gasteiger partial charge is 0.269 e. The largest absolute Gasteiger partial charge is 0.383 e. The first-order valence-corrected chi connectivity index (χ1v) is 8.07. The third-order valence-electron chi connectivity index (χ3n) is 3.59. The molecule has 2 aromatic carbocycles. The predicted octanol–water partition coefficient (Wildman–Crippen LogP) is 3.30. The monoisotopic (exact) mass is 469 g/mol. The summed E-state index contributed by atoms with van der Waals surface area (Å²) in [5, 5.41) is 20.3. The van der Waals surface area contributed by atoms with Gasteiger partial charge >= 0.3 is 0 Å². The van der Waals surface area contributed by atoms with Crippen molar-refractivity contribution in [1.29, 1.82) is 0 Å². The molecule has 0 aromatic heterocycles. The number of aryl methyl sites for hydroxylation is 1. The summed E-state index contributed by atoms with van der Waals surface area (Å²) in [6.45, 7) is 4.12. The minimum atomic E-state index is -0.408. The van der Waals surface area contributed by atoms with Crippen molar-refractivity contribution in [3.8, 4) is 0 Å². The fourth-order valence-corrected chi connectivity index (χ4v) is 2.32. The van der Waals surface area contributed by atoms with Gasteiger partial charge in [0.05, 0.1) is 4.92 Å². The van der Waals surface area contributed by atoms with Crippen LogP contribution < -0.4 is 16.0 Å². The van der Waals surface area contributed by atoms with Crippen molar-refractivity contribution in [1.82, 2.24) is 10.6 Å². The van der Waals surface area contributed by atoms with Crippen LogP contribution in [0.4, 0.5) is 11.4 Å². The number of aliphatic imine (C=N–C) groups is 1. The zero-order valence-electron chi connectivity index (χ0n) is 14.9. The number of rotatable bonds is 7. The average molecular weight is 469 g/mol. The molecule has 0 saturated carbocycles. The van der Waals surface area contributed by atoms with E-state index in [1.807, 2.05) is 6.07 Å². The first kappa shape index (κ1) is 21.7. The van der Waals surface area contributed by atoms with Crippen molar-refractivity contribution >= 4 is 41.3 Å². The number of guanidine groups is 1. The van der Waals surface area contributed by atoms with Crippen LogP contribution in [0.3, 0.4) is 0 Å². The van der Waals surface area contributed by atoms with Gasteiger partial charge in [-0.15, -0.1) is 24.0 Å². The van der Waals surface area contributed by atoms with Gasteiger partial charge in [0.25, 0.3) is 5.69 Å². The van der Waals surface area contributed by atoms with Crippen molar-refractivity contribution < 1.29 is 4.92 Å². The van der Waals surface area contributed by atoms with Crippen LogP contribution in [-0.2, 0) is 6.54 Å². The molecule has 0 radical (unpaired) electrons. The summed E-state index contributed by atoms with van der Waals surface area (Å²) >= 11 is 0. The lowest BCUT2D eigenvalue weighted by Crippen LogP contribution is -2.39. The zero-order valence-corrected chi connectivity index (χ0v) is 17.2. The van der Waals surface area contributed by atoms with Gasteiger partial charge < -0.3 is 16.0 Å². The zero-order chi connectivity index (χ0) is 18.1. The van der Waals surface area contributed by atoms with Gasteiger partial charge in [-0.1, -0.05) is 29.8 Å². The van der Waals surface area contributed by atoms with E-state index in [2.05, 4.69) is 46.1 Å². The van der Waals surface area contributed by atoms with E-state index < -0.39 is 4.92 Å². The number of nitro benzene ring substituents is 1. The van der Waals surface area contributed by atoms with Crippen LogP contribution in [0.25, 0.3) is 0 Å². The Labute approximate surface area is 170 Å². The Morgan fingerprint density at radius 1 is 1.12 bits per heavy atom. The number of non-ortho nitro benzene ring substituents is 1. The van der Waals surface area contributed by atoms with Crippen molar-refractivity contribution in [3.63, 3.8) is 0 Å². The standard InChI is InChI=1S/C18H23N5O2.HI/c1-14-4-3-5-15(12-14)13-22-18(19-2)21-11-10-20-16-6-8-17(9-7-16)23(24)25;/h3-9,12,20H,10-11,13H2,1-2H3,(H2,19,21,22);1H. The Morgan fingerprint density at radius 2 is 1.85 bits per heavy atom. The van der Waals surface area contributed by atoms with E-state index in [1.54, 1.807) is 19.2 Å². The summed E-state index contributed by atoms with van der Waals surface area (Å²) in [5.41, 5.74) is 3.36. The molecule has 0 atom stereocenters. The molecule has 7 nitrogen and oxygen atoms in total. The van der Waals surface area contributed by atoms with Crippen molar-refractivity contribution in [2.75, 3.05) is 25.5 Å². The molecule has 0 bridgehead atoms. The molecule has 0 fully saturated rings. The molecule has 0 saturated heterocycles. The number of nitrogens with one attached hydrogen (secondary N) is 3. The summed E-state index contributed by atoms with van der Waals surface area (Å²) in [4.78, 5) is 14.4. The highest BCUT2D eigenvalue weighted by molar-refractivity contribution is 14.0. The number of halogens is 1. The minimum absolute atomic E-state index is 0. The van der Waals surface area contributed by atoms with E-state index in [0.29, 0.717) is 19.6 Å². The number of hydrogen-bond acceptors (Lipinski definition) is 4. The second-order valence-electron chi connectivity index (χ2n) is 5.57. The summed E-state index contributed by atoms with van der Waals surface area (Å²) in [7, 11) is 1.73. The Hall–Kier alpha value is -2.36. The minimum Gasteiger partial charge on any atom is -0.383 e.